The normalized spacial score (nSPS) is 34.9. The van der Waals surface area contributed by atoms with E-state index in [4.69, 9.17) is 0 Å². The lowest BCUT2D eigenvalue weighted by Crippen LogP contribution is -2.20. The minimum atomic E-state index is -0.0590. The molecule has 0 N–H and O–H groups in total. The molecule has 0 aromatic carbocycles. The van der Waals surface area contributed by atoms with Crippen molar-refractivity contribution in [3.8, 4) is 0 Å². The van der Waals surface area contributed by atoms with Crippen molar-refractivity contribution >= 4 is 18.0 Å². The van der Waals surface area contributed by atoms with E-state index in [-0.39, 0.29) is 4.75 Å². The molecule has 1 unspecified atom stereocenters. The zero-order valence-corrected chi connectivity index (χ0v) is 7.25. The molecule has 0 radical (unpaired) electrons. The summed E-state index contributed by atoms with van der Waals surface area (Å²) in [5.41, 5.74) is 0. The van der Waals surface area contributed by atoms with E-state index < -0.39 is 0 Å². The molecular weight excluding hydrogens is 144 g/mol. The number of hydrogen-bond acceptors (Lipinski definition) is 2. The second kappa shape index (κ2) is 3.42. The Morgan fingerprint density at radius 3 is 2.90 bits per heavy atom. The summed E-state index contributed by atoms with van der Waals surface area (Å²) in [7, 11) is 0. The van der Waals surface area contributed by atoms with Crippen LogP contribution >= 0.6 is 11.8 Å². The maximum atomic E-state index is 10.6. The van der Waals surface area contributed by atoms with E-state index in [1.807, 2.05) is 11.8 Å². The molecule has 0 aromatic rings. The summed E-state index contributed by atoms with van der Waals surface area (Å²) in [5.74, 6) is 1.16. The first-order valence-electron chi connectivity index (χ1n) is 3.87. The highest BCUT2D eigenvalue weighted by Gasteiger charge is 2.24. The Kier molecular flexibility index (Phi) is 2.78. The largest absolute Gasteiger partial charge is 0.302 e. The molecule has 0 spiro atoms. The van der Waals surface area contributed by atoms with Crippen LogP contribution in [-0.2, 0) is 4.79 Å². The quantitative estimate of drug-likeness (QED) is 0.544. The van der Waals surface area contributed by atoms with E-state index in [1.54, 1.807) is 0 Å². The highest BCUT2D eigenvalue weighted by molar-refractivity contribution is 8.01. The molecule has 10 heavy (non-hydrogen) atoms. The topological polar surface area (TPSA) is 17.1 Å². The number of aldehydes is 1. The predicted octanol–water partition coefficient (Wildman–Crippen LogP) is 2.25. The average Bonchev–Trinajstić information content (AvgIpc) is 2.15. The minimum absolute atomic E-state index is 0.0590. The molecular formula is C8H14OS. The smallest absolute Gasteiger partial charge is 0.135 e. The summed E-state index contributed by atoms with van der Waals surface area (Å²) in [5, 5.41) is 0. The third-order valence-electron chi connectivity index (χ3n) is 2.00. The standard InChI is InChI=1S/C8H14OS/c1-8(7-9)5-3-2-4-6-10-8/h7H,2-6H2,1H3. The third-order valence-corrected chi connectivity index (χ3v) is 3.45. The number of carbonyl (C=O) groups is 1. The van der Waals surface area contributed by atoms with Crippen molar-refractivity contribution in [3.05, 3.63) is 0 Å². The molecule has 1 aliphatic heterocycles. The van der Waals surface area contributed by atoms with Crippen molar-refractivity contribution in [1.82, 2.24) is 0 Å². The SMILES string of the molecule is CC1(C=O)CCCCCS1. The molecule has 0 bridgehead atoms. The van der Waals surface area contributed by atoms with Gasteiger partial charge in [-0.3, -0.25) is 0 Å². The van der Waals surface area contributed by atoms with Crippen molar-refractivity contribution < 1.29 is 4.79 Å². The van der Waals surface area contributed by atoms with E-state index in [9.17, 15) is 4.79 Å². The average molecular weight is 158 g/mol. The molecule has 0 aromatic heterocycles. The Labute approximate surface area is 66.6 Å². The van der Waals surface area contributed by atoms with Gasteiger partial charge < -0.3 is 4.79 Å². The van der Waals surface area contributed by atoms with Crippen molar-refractivity contribution in [1.29, 1.82) is 0 Å². The maximum Gasteiger partial charge on any atom is 0.135 e. The third kappa shape index (κ3) is 2.01. The molecule has 1 aliphatic rings. The molecule has 1 atom stereocenters. The number of hydrogen-bond donors (Lipinski definition) is 0. The van der Waals surface area contributed by atoms with Crippen LogP contribution in [0.1, 0.15) is 32.6 Å². The highest BCUT2D eigenvalue weighted by atomic mass is 32.2. The highest BCUT2D eigenvalue weighted by Crippen LogP contribution is 2.32. The second-order valence-electron chi connectivity index (χ2n) is 3.09. The molecule has 1 rings (SSSR count). The zero-order chi connectivity index (χ0) is 7.45. The summed E-state index contributed by atoms with van der Waals surface area (Å²) < 4.78 is -0.0590. The van der Waals surface area contributed by atoms with Gasteiger partial charge in [0, 0.05) is 0 Å². The van der Waals surface area contributed by atoms with Gasteiger partial charge in [-0.05, 0) is 25.5 Å². The van der Waals surface area contributed by atoms with Crippen molar-refractivity contribution in [2.45, 2.75) is 37.4 Å². The van der Waals surface area contributed by atoms with Crippen molar-refractivity contribution in [3.63, 3.8) is 0 Å². The van der Waals surface area contributed by atoms with Gasteiger partial charge in [0.1, 0.15) is 6.29 Å². The summed E-state index contributed by atoms with van der Waals surface area (Å²) in [6.45, 7) is 2.05. The monoisotopic (exact) mass is 158 g/mol. The Morgan fingerprint density at radius 1 is 1.40 bits per heavy atom. The van der Waals surface area contributed by atoms with Crippen LogP contribution in [0, 0.1) is 0 Å². The first kappa shape index (κ1) is 8.12. The summed E-state index contributed by atoms with van der Waals surface area (Å²) in [6, 6.07) is 0. The van der Waals surface area contributed by atoms with Crippen LogP contribution < -0.4 is 0 Å². The maximum absolute atomic E-state index is 10.6. The molecule has 0 amide bonds. The van der Waals surface area contributed by atoms with Gasteiger partial charge in [-0.25, -0.2) is 0 Å². The minimum Gasteiger partial charge on any atom is -0.302 e. The number of rotatable bonds is 1. The Balaban J connectivity index is 2.48. The van der Waals surface area contributed by atoms with Gasteiger partial charge in [0.15, 0.2) is 0 Å². The first-order chi connectivity index (χ1) is 4.77. The van der Waals surface area contributed by atoms with Crippen LogP contribution in [0.25, 0.3) is 0 Å². The summed E-state index contributed by atoms with van der Waals surface area (Å²) in [4.78, 5) is 10.6. The fourth-order valence-electron chi connectivity index (χ4n) is 1.23. The van der Waals surface area contributed by atoms with Gasteiger partial charge in [0.05, 0.1) is 4.75 Å². The van der Waals surface area contributed by atoms with E-state index in [1.165, 1.54) is 19.3 Å². The molecule has 1 saturated heterocycles. The second-order valence-corrected chi connectivity index (χ2v) is 4.72. The molecule has 1 fully saturated rings. The van der Waals surface area contributed by atoms with Gasteiger partial charge in [0.25, 0.3) is 0 Å². The molecule has 0 aliphatic carbocycles. The summed E-state index contributed by atoms with van der Waals surface area (Å²) >= 11 is 1.82. The lowest BCUT2D eigenvalue weighted by Gasteiger charge is -2.18. The first-order valence-corrected chi connectivity index (χ1v) is 4.86. The summed E-state index contributed by atoms with van der Waals surface area (Å²) in [6.07, 6.45) is 6.00. The fourth-order valence-corrected chi connectivity index (χ4v) is 2.40. The van der Waals surface area contributed by atoms with Crippen LogP contribution in [0.15, 0.2) is 0 Å². The lowest BCUT2D eigenvalue weighted by molar-refractivity contribution is -0.109. The van der Waals surface area contributed by atoms with Crippen molar-refractivity contribution in [2.24, 2.45) is 0 Å². The molecule has 1 nitrogen and oxygen atoms in total. The Hall–Kier alpha value is 0.0200. The lowest BCUT2D eigenvalue weighted by atomic mass is 10.0. The van der Waals surface area contributed by atoms with Gasteiger partial charge in [0.2, 0.25) is 0 Å². The zero-order valence-electron chi connectivity index (χ0n) is 6.43. The van der Waals surface area contributed by atoms with Gasteiger partial charge >= 0.3 is 0 Å². The Bertz CT molecular complexity index is 114. The Morgan fingerprint density at radius 2 is 2.20 bits per heavy atom. The van der Waals surface area contributed by atoms with E-state index in [2.05, 4.69) is 6.92 Å². The van der Waals surface area contributed by atoms with Crippen molar-refractivity contribution in [2.75, 3.05) is 5.75 Å². The predicted molar refractivity (Wildman–Crippen MR) is 45.4 cm³/mol. The van der Waals surface area contributed by atoms with Crippen LogP contribution in [0.3, 0.4) is 0 Å². The van der Waals surface area contributed by atoms with E-state index >= 15 is 0 Å². The molecule has 1 heterocycles. The van der Waals surface area contributed by atoms with E-state index in [0.717, 1.165) is 18.5 Å². The molecule has 58 valence electrons. The number of carbonyl (C=O) groups excluding carboxylic acids is 1. The fraction of sp³-hybridized carbons (Fsp3) is 0.875. The number of thioether (sulfide) groups is 1. The van der Waals surface area contributed by atoms with Gasteiger partial charge in [-0.2, -0.15) is 0 Å². The van der Waals surface area contributed by atoms with Crippen LogP contribution in [0.4, 0.5) is 0 Å². The van der Waals surface area contributed by atoms with Gasteiger partial charge in [-0.15, -0.1) is 11.8 Å². The van der Waals surface area contributed by atoms with Crippen LogP contribution in [0.5, 0.6) is 0 Å². The molecule has 2 heteroatoms. The van der Waals surface area contributed by atoms with Crippen LogP contribution in [-0.4, -0.2) is 16.8 Å². The van der Waals surface area contributed by atoms with E-state index in [0.29, 0.717) is 0 Å². The van der Waals surface area contributed by atoms with Crippen LogP contribution in [0.2, 0.25) is 0 Å². The van der Waals surface area contributed by atoms with Gasteiger partial charge in [-0.1, -0.05) is 12.8 Å². The molecule has 0 saturated carbocycles.